The minimum atomic E-state index is 0.123. The highest BCUT2D eigenvalue weighted by molar-refractivity contribution is 7.99. The third-order valence-electron chi connectivity index (χ3n) is 3.92. The Bertz CT molecular complexity index is 637. The van der Waals surface area contributed by atoms with Crippen molar-refractivity contribution in [2.24, 2.45) is 7.05 Å². The second kappa shape index (κ2) is 8.77. The summed E-state index contributed by atoms with van der Waals surface area (Å²) in [5, 5.41) is 7.39. The summed E-state index contributed by atoms with van der Waals surface area (Å²) < 4.78 is 1.88. The van der Waals surface area contributed by atoms with Gasteiger partial charge in [0.1, 0.15) is 0 Å². The third-order valence-corrected chi connectivity index (χ3v) is 5.01. The molecule has 0 fully saturated rings. The number of hydrogen-bond acceptors (Lipinski definition) is 3. The van der Waals surface area contributed by atoms with Crippen LogP contribution in [0, 0.1) is 13.8 Å². The highest BCUT2D eigenvalue weighted by Gasteiger charge is 2.11. The number of thioether (sulfide) groups is 1. The number of aromatic nitrogens is 2. The fourth-order valence-electron chi connectivity index (χ4n) is 2.51. The third kappa shape index (κ3) is 5.43. The van der Waals surface area contributed by atoms with Gasteiger partial charge in [-0.2, -0.15) is 5.10 Å². The van der Waals surface area contributed by atoms with Crippen molar-refractivity contribution in [2.45, 2.75) is 38.0 Å². The Balaban J connectivity index is 1.62. The van der Waals surface area contributed by atoms with Crippen LogP contribution in [0.4, 0.5) is 0 Å². The highest BCUT2D eigenvalue weighted by Crippen LogP contribution is 2.17. The summed E-state index contributed by atoms with van der Waals surface area (Å²) in [7, 11) is 1.94. The number of carbonyl (C=O) groups is 1. The van der Waals surface area contributed by atoms with E-state index in [0.29, 0.717) is 6.42 Å². The van der Waals surface area contributed by atoms with E-state index in [2.05, 4.69) is 22.5 Å². The number of rotatable bonds is 8. The molecule has 2 aromatic rings. The van der Waals surface area contributed by atoms with Gasteiger partial charge < -0.3 is 5.32 Å². The number of carbonyl (C=O) groups excluding carboxylic acids is 1. The van der Waals surface area contributed by atoms with Crippen LogP contribution in [-0.2, 0) is 18.3 Å². The maximum absolute atomic E-state index is 11.9. The molecular weight excluding hydrogens is 306 g/mol. The quantitative estimate of drug-likeness (QED) is 0.596. The van der Waals surface area contributed by atoms with E-state index in [4.69, 9.17) is 0 Å². The summed E-state index contributed by atoms with van der Waals surface area (Å²) in [5.74, 6) is 1.14. The molecule has 0 saturated heterocycles. The molecular formula is C18H25N3OS. The first kappa shape index (κ1) is 17.6. The van der Waals surface area contributed by atoms with E-state index < -0.39 is 0 Å². The Kier molecular flexibility index (Phi) is 6.71. The van der Waals surface area contributed by atoms with Crippen molar-refractivity contribution in [3.8, 4) is 0 Å². The maximum atomic E-state index is 11.9. The first-order valence-electron chi connectivity index (χ1n) is 8.01. The van der Waals surface area contributed by atoms with E-state index in [-0.39, 0.29) is 5.91 Å². The Morgan fingerprint density at radius 1 is 1.26 bits per heavy atom. The molecule has 23 heavy (non-hydrogen) atoms. The first-order chi connectivity index (χ1) is 11.1. The number of aryl methyl sites for hydroxylation is 2. The van der Waals surface area contributed by atoms with Crippen LogP contribution in [0.2, 0.25) is 0 Å². The van der Waals surface area contributed by atoms with Gasteiger partial charge in [0.2, 0.25) is 5.91 Å². The molecule has 0 atom stereocenters. The Morgan fingerprint density at radius 3 is 2.65 bits per heavy atom. The fourth-order valence-corrected chi connectivity index (χ4v) is 3.39. The lowest BCUT2D eigenvalue weighted by molar-refractivity contribution is -0.121. The van der Waals surface area contributed by atoms with Crippen LogP contribution in [0.15, 0.2) is 35.2 Å². The van der Waals surface area contributed by atoms with E-state index in [1.54, 1.807) is 0 Å². The fraction of sp³-hybridized carbons (Fsp3) is 0.444. The molecule has 0 radical (unpaired) electrons. The zero-order valence-corrected chi connectivity index (χ0v) is 14.9. The van der Waals surface area contributed by atoms with Crippen LogP contribution in [-0.4, -0.2) is 28.0 Å². The van der Waals surface area contributed by atoms with Gasteiger partial charge in [0.15, 0.2) is 0 Å². The molecule has 124 valence electrons. The van der Waals surface area contributed by atoms with Crippen molar-refractivity contribution in [1.82, 2.24) is 15.1 Å². The van der Waals surface area contributed by atoms with Crippen molar-refractivity contribution in [1.29, 1.82) is 0 Å². The number of nitrogens with zero attached hydrogens (tertiary/aromatic N) is 2. The van der Waals surface area contributed by atoms with Gasteiger partial charge in [0.05, 0.1) is 5.69 Å². The SMILES string of the molecule is Cc1nn(C)c(C)c1CCC(=O)NCCCSc1ccccc1. The summed E-state index contributed by atoms with van der Waals surface area (Å²) >= 11 is 1.83. The number of amides is 1. The predicted molar refractivity (Wildman–Crippen MR) is 95.8 cm³/mol. The zero-order valence-electron chi connectivity index (χ0n) is 14.1. The summed E-state index contributed by atoms with van der Waals surface area (Å²) in [6, 6.07) is 10.3. The number of benzene rings is 1. The molecule has 4 nitrogen and oxygen atoms in total. The van der Waals surface area contributed by atoms with Crippen molar-refractivity contribution in [3.05, 3.63) is 47.3 Å². The van der Waals surface area contributed by atoms with Gasteiger partial charge in [-0.3, -0.25) is 9.48 Å². The zero-order chi connectivity index (χ0) is 16.7. The van der Waals surface area contributed by atoms with Gasteiger partial charge in [-0.25, -0.2) is 0 Å². The summed E-state index contributed by atoms with van der Waals surface area (Å²) in [6.07, 6.45) is 2.27. The van der Waals surface area contributed by atoms with Crippen molar-refractivity contribution < 1.29 is 4.79 Å². The second-order valence-electron chi connectivity index (χ2n) is 5.64. The molecule has 1 amide bonds. The van der Waals surface area contributed by atoms with E-state index in [1.165, 1.54) is 10.5 Å². The second-order valence-corrected chi connectivity index (χ2v) is 6.81. The van der Waals surface area contributed by atoms with E-state index in [0.717, 1.165) is 36.5 Å². The largest absolute Gasteiger partial charge is 0.356 e. The molecule has 0 bridgehead atoms. The molecule has 0 aliphatic heterocycles. The molecule has 0 aliphatic carbocycles. The van der Waals surface area contributed by atoms with Gasteiger partial charge in [0, 0.05) is 30.6 Å². The predicted octanol–water partition coefficient (Wildman–Crippen LogP) is 3.27. The van der Waals surface area contributed by atoms with E-state index in [1.807, 2.05) is 55.5 Å². The Hall–Kier alpha value is -1.75. The standard InChI is InChI=1S/C18H25N3OS/c1-14-17(15(2)21(3)20-14)10-11-18(22)19-12-7-13-23-16-8-5-4-6-9-16/h4-6,8-9H,7,10-13H2,1-3H3,(H,19,22). The minimum absolute atomic E-state index is 0.123. The van der Waals surface area contributed by atoms with Crippen molar-refractivity contribution in [3.63, 3.8) is 0 Å². The van der Waals surface area contributed by atoms with Crippen LogP contribution in [0.3, 0.4) is 0 Å². The Morgan fingerprint density at radius 2 is 2.00 bits per heavy atom. The molecule has 1 heterocycles. The molecule has 2 rings (SSSR count). The van der Waals surface area contributed by atoms with Crippen LogP contribution >= 0.6 is 11.8 Å². The van der Waals surface area contributed by atoms with Gasteiger partial charge in [-0.1, -0.05) is 18.2 Å². The van der Waals surface area contributed by atoms with Crippen LogP contribution in [0.1, 0.15) is 29.8 Å². The van der Waals surface area contributed by atoms with E-state index in [9.17, 15) is 4.79 Å². The topological polar surface area (TPSA) is 46.9 Å². The van der Waals surface area contributed by atoms with E-state index >= 15 is 0 Å². The Labute approximate surface area is 142 Å². The summed E-state index contributed by atoms with van der Waals surface area (Å²) in [5.41, 5.74) is 3.37. The van der Waals surface area contributed by atoms with Gasteiger partial charge in [-0.05, 0) is 50.1 Å². The smallest absolute Gasteiger partial charge is 0.220 e. The molecule has 0 saturated carbocycles. The normalized spacial score (nSPS) is 10.7. The highest BCUT2D eigenvalue weighted by atomic mass is 32.2. The molecule has 1 N–H and O–H groups in total. The average molecular weight is 331 g/mol. The molecule has 0 aliphatic rings. The van der Waals surface area contributed by atoms with Gasteiger partial charge in [0.25, 0.3) is 0 Å². The van der Waals surface area contributed by atoms with Crippen LogP contribution in [0.25, 0.3) is 0 Å². The lowest BCUT2D eigenvalue weighted by Crippen LogP contribution is -2.25. The molecule has 1 aromatic heterocycles. The van der Waals surface area contributed by atoms with Gasteiger partial charge >= 0.3 is 0 Å². The lowest BCUT2D eigenvalue weighted by Gasteiger charge is -2.06. The minimum Gasteiger partial charge on any atom is -0.356 e. The molecule has 0 unspecified atom stereocenters. The maximum Gasteiger partial charge on any atom is 0.220 e. The van der Waals surface area contributed by atoms with Crippen molar-refractivity contribution in [2.75, 3.05) is 12.3 Å². The van der Waals surface area contributed by atoms with Crippen LogP contribution in [0.5, 0.6) is 0 Å². The summed E-state index contributed by atoms with van der Waals surface area (Å²) in [6.45, 7) is 4.79. The van der Waals surface area contributed by atoms with Crippen LogP contribution < -0.4 is 5.32 Å². The monoisotopic (exact) mass is 331 g/mol. The first-order valence-corrected chi connectivity index (χ1v) is 9.00. The molecule has 5 heteroatoms. The molecule has 1 aromatic carbocycles. The summed E-state index contributed by atoms with van der Waals surface area (Å²) in [4.78, 5) is 13.2. The number of hydrogen-bond donors (Lipinski definition) is 1. The van der Waals surface area contributed by atoms with Gasteiger partial charge in [-0.15, -0.1) is 11.8 Å². The lowest BCUT2D eigenvalue weighted by atomic mass is 10.1. The number of nitrogens with one attached hydrogen (secondary N) is 1. The average Bonchev–Trinajstić information content (AvgIpc) is 2.79. The van der Waals surface area contributed by atoms with Crippen molar-refractivity contribution >= 4 is 17.7 Å². The molecule has 0 spiro atoms.